The summed E-state index contributed by atoms with van der Waals surface area (Å²) >= 11 is 6.10. The van der Waals surface area contributed by atoms with E-state index in [0.717, 1.165) is 5.69 Å². The summed E-state index contributed by atoms with van der Waals surface area (Å²) in [5, 5.41) is 6.42. The van der Waals surface area contributed by atoms with Crippen molar-refractivity contribution < 1.29 is 9.53 Å². The lowest BCUT2D eigenvalue weighted by Crippen LogP contribution is -2.14. The Morgan fingerprint density at radius 3 is 2.72 bits per heavy atom. The Balaban J connectivity index is 1.85. The van der Waals surface area contributed by atoms with Crippen LogP contribution in [-0.4, -0.2) is 18.0 Å². The van der Waals surface area contributed by atoms with E-state index in [0.29, 0.717) is 27.8 Å². The number of pyridine rings is 1. The van der Waals surface area contributed by atoms with Gasteiger partial charge in [-0.3, -0.25) is 4.79 Å². The van der Waals surface area contributed by atoms with E-state index >= 15 is 0 Å². The molecule has 1 heterocycles. The molecule has 3 aromatic rings. The van der Waals surface area contributed by atoms with Crippen LogP contribution < -0.4 is 15.4 Å². The first-order valence-corrected chi connectivity index (χ1v) is 7.97. The summed E-state index contributed by atoms with van der Waals surface area (Å²) < 4.78 is 5.21. The predicted molar refractivity (Wildman–Crippen MR) is 99.9 cm³/mol. The number of aromatic nitrogens is 1. The van der Waals surface area contributed by atoms with Crippen LogP contribution in [0.15, 0.2) is 66.9 Å². The van der Waals surface area contributed by atoms with E-state index in [1.807, 2.05) is 24.3 Å². The average Bonchev–Trinajstić information content (AvgIpc) is 2.64. The molecule has 0 saturated carbocycles. The van der Waals surface area contributed by atoms with Crippen molar-refractivity contribution in [1.82, 2.24) is 4.98 Å². The first-order valence-electron chi connectivity index (χ1n) is 7.59. The minimum atomic E-state index is -0.299. The summed E-state index contributed by atoms with van der Waals surface area (Å²) in [4.78, 5) is 16.9. The number of hydrogen-bond acceptors (Lipinski definition) is 4. The molecule has 1 aromatic heterocycles. The minimum absolute atomic E-state index is 0.299. The summed E-state index contributed by atoms with van der Waals surface area (Å²) in [7, 11) is 1.60. The van der Waals surface area contributed by atoms with Gasteiger partial charge >= 0.3 is 0 Å². The van der Waals surface area contributed by atoms with Crippen LogP contribution in [0.1, 0.15) is 10.4 Å². The lowest BCUT2D eigenvalue weighted by molar-refractivity contribution is 0.102. The third-order valence-corrected chi connectivity index (χ3v) is 3.84. The number of nitrogens with one attached hydrogen (secondary N) is 2. The molecule has 0 aliphatic carbocycles. The maximum atomic E-state index is 12.6. The van der Waals surface area contributed by atoms with Crippen LogP contribution in [0.3, 0.4) is 0 Å². The van der Waals surface area contributed by atoms with E-state index in [1.165, 1.54) is 0 Å². The number of para-hydroxylation sites is 1. The smallest absolute Gasteiger partial charge is 0.259 e. The Bertz CT molecular complexity index is 899. The van der Waals surface area contributed by atoms with E-state index in [1.54, 1.807) is 49.7 Å². The van der Waals surface area contributed by atoms with Gasteiger partial charge in [-0.05, 0) is 36.4 Å². The van der Waals surface area contributed by atoms with Crippen LogP contribution in [0.4, 0.5) is 17.2 Å². The monoisotopic (exact) mass is 353 g/mol. The number of anilines is 3. The molecule has 0 fully saturated rings. The van der Waals surface area contributed by atoms with Crippen molar-refractivity contribution in [3.05, 3.63) is 77.4 Å². The number of halogens is 1. The zero-order chi connectivity index (χ0) is 17.6. The molecular formula is C19H16ClN3O2. The molecule has 0 radical (unpaired) electrons. The predicted octanol–water partition coefficient (Wildman–Crippen LogP) is 4.74. The van der Waals surface area contributed by atoms with Crippen molar-refractivity contribution in [2.45, 2.75) is 0 Å². The SMILES string of the molecule is COc1cccc(Nc2ncccc2C(=O)Nc2ccccc2Cl)c1. The lowest BCUT2D eigenvalue weighted by atomic mass is 10.2. The van der Waals surface area contributed by atoms with Gasteiger partial charge in [-0.25, -0.2) is 4.98 Å². The number of methoxy groups -OCH3 is 1. The van der Waals surface area contributed by atoms with Crippen LogP contribution in [0.5, 0.6) is 5.75 Å². The molecule has 2 N–H and O–H groups in total. The number of hydrogen-bond donors (Lipinski definition) is 2. The molecule has 0 saturated heterocycles. The molecule has 6 heteroatoms. The summed E-state index contributed by atoms with van der Waals surface area (Å²) in [5.74, 6) is 0.856. The number of nitrogens with zero attached hydrogens (tertiary/aromatic N) is 1. The first-order chi connectivity index (χ1) is 12.2. The third-order valence-electron chi connectivity index (χ3n) is 3.51. The van der Waals surface area contributed by atoms with Crippen molar-refractivity contribution >= 4 is 34.7 Å². The Morgan fingerprint density at radius 2 is 1.92 bits per heavy atom. The topological polar surface area (TPSA) is 63.2 Å². The van der Waals surface area contributed by atoms with Crippen molar-refractivity contribution in [3.8, 4) is 5.75 Å². The second-order valence-corrected chi connectivity index (χ2v) is 5.60. The summed E-state index contributed by atoms with van der Waals surface area (Å²) in [6, 6.07) is 17.9. The number of carbonyl (C=O) groups excluding carboxylic acids is 1. The molecule has 0 unspecified atom stereocenters. The van der Waals surface area contributed by atoms with Gasteiger partial charge in [-0.1, -0.05) is 29.8 Å². The van der Waals surface area contributed by atoms with Crippen LogP contribution in [0.25, 0.3) is 0 Å². The second kappa shape index (κ2) is 7.68. The number of ether oxygens (including phenoxy) is 1. The van der Waals surface area contributed by atoms with E-state index in [4.69, 9.17) is 16.3 Å². The van der Waals surface area contributed by atoms with Crippen LogP contribution in [0.2, 0.25) is 5.02 Å². The van der Waals surface area contributed by atoms with Crippen molar-refractivity contribution in [3.63, 3.8) is 0 Å². The number of amides is 1. The number of benzene rings is 2. The zero-order valence-electron chi connectivity index (χ0n) is 13.5. The van der Waals surface area contributed by atoms with Gasteiger partial charge in [0.05, 0.1) is 23.4 Å². The van der Waals surface area contributed by atoms with E-state index in [9.17, 15) is 4.79 Å². The van der Waals surface area contributed by atoms with Crippen LogP contribution in [0, 0.1) is 0 Å². The summed E-state index contributed by atoms with van der Waals surface area (Å²) in [5.41, 5.74) is 1.72. The molecular weight excluding hydrogens is 338 g/mol. The third kappa shape index (κ3) is 4.08. The molecule has 25 heavy (non-hydrogen) atoms. The van der Waals surface area contributed by atoms with Crippen LogP contribution >= 0.6 is 11.6 Å². The van der Waals surface area contributed by atoms with Gasteiger partial charge in [0.15, 0.2) is 0 Å². The van der Waals surface area contributed by atoms with Gasteiger partial charge < -0.3 is 15.4 Å². The normalized spacial score (nSPS) is 10.2. The molecule has 5 nitrogen and oxygen atoms in total. The highest BCUT2D eigenvalue weighted by atomic mass is 35.5. The fraction of sp³-hybridized carbons (Fsp3) is 0.0526. The summed E-state index contributed by atoms with van der Waals surface area (Å²) in [6.45, 7) is 0. The molecule has 0 spiro atoms. The molecule has 0 aliphatic rings. The van der Waals surface area contributed by atoms with E-state index in [-0.39, 0.29) is 5.91 Å². The Labute approximate surface area is 150 Å². The van der Waals surface area contributed by atoms with Crippen molar-refractivity contribution in [2.24, 2.45) is 0 Å². The Kier molecular flexibility index (Phi) is 5.16. The maximum Gasteiger partial charge on any atom is 0.259 e. The van der Waals surface area contributed by atoms with E-state index in [2.05, 4.69) is 15.6 Å². The molecule has 0 bridgehead atoms. The van der Waals surface area contributed by atoms with Gasteiger partial charge in [-0.2, -0.15) is 0 Å². The highest BCUT2D eigenvalue weighted by Crippen LogP contribution is 2.25. The zero-order valence-corrected chi connectivity index (χ0v) is 14.2. The maximum absolute atomic E-state index is 12.6. The standard InChI is InChI=1S/C19H16ClN3O2/c1-25-14-7-4-6-13(12-14)22-18-15(8-5-11-21-18)19(24)23-17-10-3-2-9-16(17)20/h2-12H,1H3,(H,21,22)(H,23,24). The average molecular weight is 354 g/mol. The molecule has 126 valence electrons. The Morgan fingerprint density at radius 1 is 1.08 bits per heavy atom. The fourth-order valence-corrected chi connectivity index (χ4v) is 2.46. The number of carbonyl (C=O) groups is 1. The lowest BCUT2D eigenvalue weighted by Gasteiger charge is -2.12. The van der Waals surface area contributed by atoms with Gasteiger partial charge in [0.25, 0.3) is 5.91 Å². The minimum Gasteiger partial charge on any atom is -0.497 e. The molecule has 2 aromatic carbocycles. The number of rotatable bonds is 5. The molecule has 0 atom stereocenters. The molecule has 1 amide bonds. The van der Waals surface area contributed by atoms with Gasteiger partial charge in [0.1, 0.15) is 11.6 Å². The van der Waals surface area contributed by atoms with Crippen molar-refractivity contribution in [2.75, 3.05) is 17.7 Å². The first kappa shape index (κ1) is 16.8. The van der Waals surface area contributed by atoms with Crippen LogP contribution in [-0.2, 0) is 0 Å². The highest BCUT2D eigenvalue weighted by molar-refractivity contribution is 6.34. The van der Waals surface area contributed by atoms with Crippen molar-refractivity contribution in [1.29, 1.82) is 0 Å². The second-order valence-electron chi connectivity index (χ2n) is 5.19. The fourth-order valence-electron chi connectivity index (χ4n) is 2.28. The molecule has 3 rings (SSSR count). The quantitative estimate of drug-likeness (QED) is 0.695. The molecule has 0 aliphatic heterocycles. The van der Waals surface area contributed by atoms with Gasteiger partial charge in [-0.15, -0.1) is 0 Å². The highest BCUT2D eigenvalue weighted by Gasteiger charge is 2.14. The largest absolute Gasteiger partial charge is 0.497 e. The van der Waals surface area contributed by atoms with E-state index < -0.39 is 0 Å². The van der Waals surface area contributed by atoms with Gasteiger partial charge in [0, 0.05) is 18.0 Å². The summed E-state index contributed by atoms with van der Waals surface area (Å²) in [6.07, 6.45) is 1.62. The van der Waals surface area contributed by atoms with Gasteiger partial charge in [0.2, 0.25) is 0 Å². The Hall–Kier alpha value is -3.05.